The molecule has 4 rings (SSSR count). The van der Waals surface area contributed by atoms with E-state index in [-0.39, 0.29) is 5.91 Å². The average molecular weight is 359 g/mol. The standard InChI is InChI=1S/C22H15ClN2O/c23-18-13-11-16(12-14-18)15-20-22(26)25(19-9-5-2-6-10-19)21(24-20)17-7-3-1-4-8-17/h1-15H/b20-15+. The number of hydrogen-bond donors (Lipinski definition) is 0. The Bertz CT molecular complexity index is 993. The van der Waals surface area contributed by atoms with Gasteiger partial charge in [0.15, 0.2) is 0 Å². The molecule has 0 unspecified atom stereocenters. The Kier molecular flexibility index (Phi) is 4.38. The molecule has 26 heavy (non-hydrogen) atoms. The Morgan fingerprint density at radius 2 is 1.42 bits per heavy atom. The lowest BCUT2D eigenvalue weighted by atomic mass is 10.1. The number of nitrogens with zero attached hydrogens (tertiary/aromatic N) is 2. The third kappa shape index (κ3) is 3.17. The number of para-hydroxylation sites is 1. The van der Waals surface area contributed by atoms with Gasteiger partial charge in [-0.3, -0.25) is 9.69 Å². The molecule has 3 aromatic rings. The maximum absolute atomic E-state index is 13.1. The summed E-state index contributed by atoms with van der Waals surface area (Å²) in [6, 6.07) is 26.6. The summed E-state index contributed by atoms with van der Waals surface area (Å²) in [7, 11) is 0. The summed E-state index contributed by atoms with van der Waals surface area (Å²) < 4.78 is 0. The fourth-order valence-electron chi connectivity index (χ4n) is 2.83. The molecule has 0 aromatic heterocycles. The molecule has 126 valence electrons. The van der Waals surface area contributed by atoms with E-state index in [4.69, 9.17) is 11.6 Å². The number of rotatable bonds is 3. The van der Waals surface area contributed by atoms with Gasteiger partial charge in [0.05, 0.1) is 5.69 Å². The van der Waals surface area contributed by atoms with Crippen molar-refractivity contribution in [2.24, 2.45) is 4.99 Å². The van der Waals surface area contributed by atoms with Gasteiger partial charge in [-0.1, -0.05) is 72.3 Å². The van der Waals surface area contributed by atoms with Crippen LogP contribution in [0.5, 0.6) is 0 Å². The lowest BCUT2D eigenvalue weighted by Crippen LogP contribution is -2.32. The van der Waals surface area contributed by atoms with Crippen molar-refractivity contribution in [1.29, 1.82) is 0 Å². The van der Waals surface area contributed by atoms with Gasteiger partial charge < -0.3 is 0 Å². The Morgan fingerprint density at radius 1 is 0.808 bits per heavy atom. The van der Waals surface area contributed by atoms with E-state index in [0.29, 0.717) is 16.6 Å². The van der Waals surface area contributed by atoms with Crippen LogP contribution in [0.1, 0.15) is 11.1 Å². The van der Waals surface area contributed by atoms with Gasteiger partial charge in [-0.15, -0.1) is 0 Å². The number of anilines is 1. The predicted octanol–water partition coefficient (Wildman–Crippen LogP) is 5.17. The first-order valence-corrected chi connectivity index (χ1v) is 8.61. The number of aliphatic imine (C=N–C) groups is 1. The van der Waals surface area contributed by atoms with E-state index in [1.165, 1.54) is 0 Å². The first kappa shape index (κ1) is 16.3. The van der Waals surface area contributed by atoms with Gasteiger partial charge in [-0.2, -0.15) is 0 Å². The third-order valence-corrected chi connectivity index (χ3v) is 4.33. The molecule has 3 nitrogen and oxygen atoms in total. The van der Waals surface area contributed by atoms with Crippen molar-refractivity contribution in [2.45, 2.75) is 0 Å². The van der Waals surface area contributed by atoms with Crippen LogP contribution in [0.3, 0.4) is 0 Å². The fourth-order valence-corrected chi connectivity index (χ4v) is 2.96. The molecule has 0 radical (unpaired) electrons. The third-order valence-electron chi connectivity index (χ3n) is 4.08. The molecule has 0 saturated carbocycles. The summed E-state index contributed by atoms with van der Waals surface area (Å²) >= 11 is 5.94. The normalized spacial score (nSPS) is 15.4. The monoisotopic (exact) mass is 358 g/mol. The van der Waals surface area contributed by atoms with Gasteiger partial charge in [0.1, 0.15) is 11.5 Å². The molecule has 0 fully saturated rings. The maximum Gasteiger partial charge on any atom is 0.282 e. The molecule has 3 aromatic carbocycles. The SMILES string of the molecule is O=C1/C(=C\c2ccc(Cl)cc2)N=C(c2ccccc2)N1c1ccccc1. The number of amides is 1. The van der Waals surface area contributed by atoms with Crippen molar-refractivity contribution in [3.8, 4) is 0 Å². The lowest BCUT2D eigenvalue weighted by molar-refractivity contribution is -0.113. The largest absolute Gasteiger partial charge is 0.282 e. The minimum Gasteiger partial charge on any atom is -0.266 e. The van der Waals surface area contributed by atoms with Crippen LogP contribution in [-0.2, 0) is 4.79 Å². The van der Waals surface area contributed by atoms with Crippen LogP contribution in [0, 0.1) is 0 Å². The van der Waals surface area contributed by atoms with Gasteiger partial charge in [0, 0.05) is 10.6 Å². The van der Waals surface area contributed by atoms with Crippen LogP contribution in [0.2, 0.25) is 5.02 Å². The topological polar surface area (TPSA) is 32.7 Å². The Balaban J connectivity index is 1.81. The van der Waals surface area contributed by atoms with E-state index in [0.717, 1.165) is 16.8 Å². The zero-order valence-corrected chi connectivity index (χ0v) is 14.6. The van der Waals surface area contributed by atoms with Crippen LogP contribution in [0.15, 0.2) is 95.6 Å². The second kappa shape index (κ2) is 6.98. The lowest BCUT2D eigenvalue weighted by Gasteiger charge is -2.18. The summed E-state index contributed by atoms with van der Waals surface area (Å²) in [4.78, 5) is 19.4. The molecular weight excluding hydrogens is 344 g/mol. The molecule has 1 heterocycles. The number of carbonyl (C=O) groups is 1. The number of benzene rings is 3. The van der Waals surface area contributed by atoms with Gasteiger partial charge in [-0.05, 0) is 35.9 Å². The van der Waals surface area contributed by atoms with Crippen LogP contribution in [-0.4, -0.2) is 11.7 Å². The number of hydrogen-bond acceptors (Lipinski definition) is 2. The Labute approximate surface area is 156 Å². The van der Waals surface area contributed by atoms with Gasteiger partial charge >= 0.3 is 0 Å². The van der Waals surface area contributed by atoms with Crippen molar-refractivity contribution in [3.63, 3.8) is 0 Å². The highest BCUT2D eigenvalue weighted by atomic mass is 35.5. The van der Waals surface area contributed by atoms with Crippen LogP contribution in [0.4, 0.5) is 5.69 Å². The van der Waals surface area contributed by atoms with E-state index in [1.54, 1.807) is 23.1 Å². The van der Waals surface area contributed by atoms with E-state index in [2.05, 4.69) is 4.99 Å². The molecule has 1 amide bonds. The van der Waals surface area contributed by atoms with E-state index in [9.17, 15) is 4.79 Å². The van der Waals surface area contributed by atoms with Gasteiger partial charge in [0.2, 0.25) is 0 Å². The minimum absolute atomic E-state index is 0.148. The smallest absolute Gasteiger partial charge is 0.266 e. The van der Waals surface area contributed by atoms with Gasteiger partial charge in [-0.25, -0.2) is 4.99 Å². The zero-order valence-electron chi connectivity index (χ0n) is 13.8. The molecule has 0 aliphatic carbocycles. The second-order valence-corrected chi connectivity index (χ2v) is 6.30. The molecule has 0 spiro atoms. The predicted molar refractivity (Wildman–Crippen MR) is 106 cm³/mol. The average Bonchev–Trinajstić information content (AvgIpc) is 3.01. The van der Waals surface area contributed by atoms with Crippen molar-refractivity contribution >= 4 is 35.1 Å². The number of halogens is 1. The van der Waals surface area contributed by atoms with Gasteiger partial charge in [0.25, 0.3) is 5.91 Å². The molecule has 0 saturated heterocycles. The molecule has 1 aliphatic rings. The van der Waals surface area contributed by atoms with Crippen LogP contribution in [0.25, 0.3) is 6.08 Å². The fraction of sp³-hybridized carbons (Fsp3) is 0. The van der Waals surface area contributed by atoms with E-state index in [1.807, 2.05) is 72.8 Å². The molecular formula is C22H15ClN2O. The van der Waals surface area contributed by atoms with Crippen molar-refractivity contribution in [3.05, 3.63) is 107 Å². The molecule has 0 N–H and O–H groups in total. The molecule has 0 atom stereocenters. The number of amidine groups is 1. The molecule has 0 bridgehead atoms. The quantitative estimate of drug-likeness (QED) is 0.594. The zero-order chi connectivity index (χ0) is 17.9. The van der Waals surface area contributed by atoms with E-state index >= 15 is 0 Å². The first-order chi connectivity index (χ1) is 12.7. The summed E-state index contributed by atoms with van der Waals surface area (Å²) in [6.07, 6.45) is 1.78. The maximum atomic E-state index is 13.1. The first-order valence-electron chi connectivity index (χ1n) is 8.23. The Hall–Kier alpha value is -3.17. The second-order valence-electron chi connectivity index (χ2n) is 5.86. The summed E-state index contributed by atoms with van der Waals surface area (Å²) in [5.74, 6) is 0.479. The van der Waals surface area contributed by atoms with E-state index < -0.39 is 0 Å². The van der Waals surface area contributed by atoms with Crippen molar-refractivity contribution < 1.29 is 4.79 Å². The Morgan fingerprint density at radius 3 is 2.08 bits per heavy atom. The minimum atomic E-state index is -0.148. The van der Waals surface area contributed by atoms with Crippen molar-refractivity contribution in [2.75, 3.05) is 4.90 Å². The summed E-state index contributed by atoms with van der Waals surface area (Å²) in [5, 5.41) is 0.657. The highest BCUT2D eigenvalue weighted by Crippen LogP contribution is 2.27. The van der Waals surface area contributed by atoms with Crippen LogP contribution < -0.4 is 4.90 Å². The highest BCUT2D eigenvalue weighted by molar-refractivity contribution is 6.33. The summed E-state index contributed by atoms with van der Waals surface area (Å²) in [6.45, 7) is 0. The molecule has 4 heteroatoms. The number of carbonyl (C=O) groups excluding carboxylic acids is 1. The highest BCUT2D eigenvalue weighted by Gasteiger charge is 2.32. The summed E-state index contributed by atoms with van der Waals surface area (Å²) in [5.41, 5.74) is 2.96. The van der Waals surface area contributed by atoms with Crippen LogP contribution >= 0.6 is 11.6 Å². The van der Waals surface area contributed by atoms with Crippen molar-refractivity contribution in [1.82, 2.24) is 0 Å². The molecule has 1 aliphatic heterocycles.